The molecule has 0 saturated carbocycles. The van der Waals surface area contributed by atoms with E-state index in [4.69, 9.17) is 27.9 Å². The van der Waals surface area contributed by atoms with Crippen molar-refractivity contribution in [3.05, 3.63) is 28.2 Å². The number of amides is 2. The number of anilines is 1. The van der Waals surface area contributed by atoms with Crippen LogP contribution in [0.25, 0.3) is 0 Å². The highest BCUT2D eigenvalue weighted by atomic mass is 35.5. The smallest absolute Gasteiger partial charge is 0.321 e. The third-order valence-electron chi connectivity index (χ3n) is 6.03. The molecule has 0 radical (unpaired) electrons. The van der Waals surface area contributed by atoms with Gasteiger partial charge in [0.25, 0.3) is 0 Å². The van der Waals surface area contributed by atoms with Crippen LogP contribution in [0.1, 0.15) is 25.7 Å². The van der Waals surface area contributed by atoms with Crippen molar-refractivity contribution >= 4 is 40.9 Å². The third-order valence-corrected chi connectivity index (χ3v) is 6.77. The SMILES string of the molecule is COC(=O)CCCN1CCC[C@@H](CN2CCN(C(=O)Nc3ccc(Cl)c(Cl)c3)CC2)C1. The Morgan fingerprint density at radius 3 is 2.58 bits per heavy atom. The van der Waals surface area contributed by atoms with Gasteiger partial charge in [-0.2, -0.15) is 0 Å². The lowest BCUT2D eigenvalue weighted by Crippen LogP contribution is -2.52. The summed E-state index contributed by atoms with van der Waals surface area (Å²) in [6, 6.07) is 4.99. The Hall–Kier alpha value is -1.54. The Morgan fingerprint density at radius 1 is 1.10 bits per heavy atom. The van der Waals surface area contributed by atoms with Gasteiger partial charge in [-0.05, 0) is 56.5 Å². The minimum absolute atomic E-state index is 0.104. The molecule has 31 heavy (non-hydrogen) atoms. The number of urea groups is 1. The Bertz CT molecular complexity index is 756. The zero-order chi connectivity index (χ0) is 22.2. The number of piperazine rings is 1. The fraction of sp³-hybridized carbons (Fsp3) is 0.636. The second-order valence-electron chi connectivity index (χ2n) is 8.34. The van der Waals surface area contributed by atoms with Crippen LogP contribution in [0, 0.1) is 5.92 Å². The molecule has 172 valence electrons. The maximum atomic E-state index is 12.6. The molecule has 1 N–H and O–H groups in total. The summed E-state index contributed by atoms with van der Waals surface area (Å²) in [6.07, 6.45) is 3.79. The molecule has 2 heterocycles. The van der Waals surface area contributed by atoms with Crippen LogP contribution in [0.2, 0.25) is 10.0 Å². The standard InChI is InChI=1S/C22H32Cl2N4O3/c1-31-21(29)5-3-9-26-8-2-4-17(15-26)16-27-10-12-28(13-11-27)22(30)25-18-6-7-19(23)20(24)14-18/h6-7,14,17H,2-5,8-13,15-16H2,1H3,(H,25,30)/t17-/m1/s1. The van der Waals surface area contributed by atoms with E-state index < -0.39 is 0 Å². The van der Waals surface area contributed by atoms with Crippen LogP contribution in [0.5, 0.6) is 0 Å². The number of nitrogens with one attached hydrogen (secondary N) is 1. The van der Waals surface area contributed by atoms with Crippen LogP contribution in [0.3, 0.4) is 0 Å². The maximum Gasteiger partial charge on any atom is 0.321 e. The fourth-order valence-electron chi connectivity index (χ4n) is 4.33. The monoisotopic (exact) mass is 470 g/mol. The number of nitrogens with zero attached hydrogens (tertiary/aromatic N) is 3. The average Bonchev–Trinajstić information content (AvgIpc) is 2.77. The van der Waals surface area contributed by atoms with Crippen LogP contribution in [0.15, 0.2) is 18.2 Å². The lowest BCUT2D eigenvalue weighted by Gasteiger charge is -2.39. The molecule has 3 rings (SSSR count). The Balaban J connectivity index is 1.37. The lowest BCUT2D eigenvalue weighted by atomic mass is 9.97. The molecule has 2 amide bonds. The fourth-order valence-corrected chi connectivity index (χ4v) is 4.63. The number of esters is 1. The summed E-state index contributed by atoms with van der Waals surface area (Å²) in [6.45, 7) is 7.40. The molecule has 1 atom stereocenters. The lowest BCUT2D eigenvalue weighted by molar-refractivity contribution is -0.140. The summed E-state index contributed by atoms with van der Waals surface area (Å²) in [5.41, 5.74) is 0.649. The molecule has 0 bridgehead atoms. The molecule has 0 aromatic heterocycles. The van der Waals surface area contributed by atoms with Gasteiger partial charge in [0.1, 0.15) is 0 Å². The van der Waals surface area contributed by atoms with E-state index in [0.717, 1.165) is 45.7 Å². The van der Waals surface area contributed by atoms with Gasteiger partial charge in [-0.1, -0.05) is 23.2 Å². The van der Waals surface area contributed by atoms with Crippen LogP contribution >= 0.6 is 23.2 Å². The molecule has 1 aromatic rings. The number of rotatable bonds is 7. The minimum Gasteiger partial charge on any atom is -0.469 e. The zero-order valence-corrected chi connectivity index (χ0v) is 19.6. The van der Waals surface area contributed by atoms with E-state index >= 15 is 0 Å². The number of hydrogen-bond acceptors (Lipinski definition) is 5. The van der Waals surface area contributed by atoms with Crippen molar-refractivity contribution in [1.29, 1.82) is 0 Å². The summed E-state index contributed by atoms with van der Waals surface area (Å²) in [5.74, 6) is 0.512. The molecule has 7 nitrogen and oxygen atoms in total. The van der Waals surface area contributed by atoms with Crippen LogP contribution < -0.4 is 5.32 Å². The predicted molar refractivity (Wildman–Crippen MR) is 124 cm³/mol. The van der Waals surface area contributed by atoms with Gasteiger partial charge in [0.2, 0.25) is 0 Å². The Labute approximate surface area is 194 Å². The largest absolute Gasteiger partial charge is 0.469 e. The van der Waals surface area contributed by atoms with E-state index in [1.807, 2.05) is 4.90 Å². The number of carbonyl (C=O) groups excluding carboxylic acids is 2. The first-order valence-electron chi connectivity index (χ1n) is 11.0. The van der Waals surface area contributed by atoms with Gasteiger partial charge in [-0.25, -0.2) is 4.79 Å². The van der Waals surface area contributed by atoms with Crippen molar-refractivity contribution in [2.45, 2.75) is 25.7 Å². The Morgan fingerprint density at radius 2 is 1.87 bits per heavy atom. The highest BCUT2D eigenvalue weighted by Crippen LogP contribution is 2.25. The van der Waals surface area contributed by atoms with Crippen molar-refractivity contribution in [2.24, 2.45) is 5.92 Å². The van der Waals surface area contributed by atoms with Crippen LogP contribution in [-0.4, -0.2) is 86.2 Å². The number of likely N-dealkylation sites (tertiary alicyclic amines) is 1. The van der Waals surface area contributed by atoms with Crippen molar-refractivity contribution in [2.75, 3.05) is 64.8 Å². The summed E-state index contributed by atoms with van der Waals surface area (Å²) < 4.78 is 4.72. The number of carbonyl (C=O) groups is 2. The van der Waals surface area contributed by atoms with Crippen LogP contribution in [-0.2, 0) is 9.53 Å². The number of benzene rings is 1. The summed E-state index contributed by atoms with van der Waals surface area (Å²) in [7, 11) is 1.44. The number of methoxy groups -OCH3 is 1. The molecular weight excluding hydrogens is 439 g/mol. The van der Waals surface area contributed by atoms with E-state index in [1.54, 1.807) is 18.2 Å². The number of piperidine rings is 1. The van der Waals surface area contributed by atoms with Gasteiger partial charge in [-0.15, -0.1) is 0 Å². The molecule has 0 unspecified atom stereocenters. The first kappa shape index (κ1) is 24.1. The first-order chi connectivity index (χ1) is 14.9. The van der Waals surface area contributed by atoms with Crippen molar-refractivity contribution in [3.8, 4) is 0 Å². The van der Waals surface area contributed by atoms with E-state index in [9.17, 15) is 9.59 Å². The van der Waals surface area contributed by atoms with Gasteiger partial charge < -0.3 is 19.9 Å². The van der Waals surface area contributed by atoms with Crippen LogP contribution in [0.4, 0.5) is 10.5 Å². The first-order valence-corrected chi connectivity index (χ1v) is 11.7. The van der Waals surface area contributed by atoms with E-state index in [-0.39, 0.29) is 12.0 Å². The van der Waals surface area contributed by atoms with Gasteiger partial charge in [0.05, 0.1) is 17.2 Å². The number of halogens is 2. The molecule has 0 spiro atoms. The molecule has 2 fully saturated rings. The summed E-state index contributed by atoms with van der Waals surface area (Å²) in [4.78, 5) is 30.6. The highest BCUT2D eigenvalue weighted by molar-refractivity contribution is 6.42. The average molecular weight is 471 g/mol. The summed E-state index contributed by atoms with van der Waals surface area (Å²) >= 11 is 12.0. The molecule has 2 aliphatic heterocycles. The highest BCUT2D eigenvalue weighted by Gasteiger charge is 2.26. The molecule has 2 aliphatic rings. The molecule has 0 aliphatic carbocycles. The molecule has 9 heteroatoms. The number of hydrogen-bond donors (Lipinski definition) is 1. The van der Waals surface area contributed by atoms with Crippen molar-refractivity contribution in [1.82, 2.24) is 14.7 Å². The second kappa shape index (κ2) is 11.9. The van der Waals surface area contributed by atoms with Gasteiger partial charge in [0, 0.05) is 51.4 Å². The summed E-state index contributed by atoms with van der Waals surface area (Å²) in [5, 5.41) is 3.80. The quantitative estimate of drug-likeness (QED) is 0.613. The molecule has 1 aromatic carbocycles. The maximum absolute atomic E-state index is 12.6. The predicted octanol–water partition coefficient (Wildman–Crippen LogP) is 3.81. The van der Waals surface area contributed by atoms with Gasteiger partial charge in [0.15, 0.2) is 0 Å². The zero-order valence-electron chi connectivity index (χ0n) is 18.1. The van der Waals surface area contributed by atoms with Crippen molar-refractivity contribution < 1.29 is 14.3 Å². The minimum atomic E-state index is -0.130. The topological polar surface area (TPSA) is 65.1 Å². The van der Waals surface area contributed by atoms with E-state index in [1.165, 1.54) is 20.0 Å². The van der Waals surface area contributed by atoms with Crippen molar-refractivity contribution in [3.63, 3.8) is 0 Å². The molecular formula is C22H32Cl2N4O3. The molecule has 2 saturated heterocycles. The third kappa shape index (κ3) is 7.52. The van der Waals surface area contributed by atoms with E-state index in [0.29, 0.717) is 41.2 Å². The normalized spacial score (nSPS) is 20.5. The number of ether oxygens (including phenoxy) is 1. The van der Waals surface area contributed by atoms with Gasteiger partial charge in [-0.3, -0.25) is 9.69 Å². The van der Waals surface area contributed by atoms with E-state index in [2.05, 4.69) is 15.1 Å². The Kier molecular flexibility index (Phi) is 9.26. The van der Waals surface area contributed by atoms with Gasteiger partial charge >= 0.3 is 12.0 Å². The second-order valence-corrected chi connectivity index (χ2v) is 9.15.